The van der Waals surface area contributed by atoms with Gasteiger partial charge in [-0.05, 0) is 127 Å². The second-order valence-corrected chi connectivity index (χ2v) is 35.6. The highest BCUT2D eigenvalue weighted by molar-refractivity contribution is 8.00. The molecule has 3 fully saturated rings. The topological polar surface area (TPSA) is 517 Å². The van der Waals surface area contributed by atoms with E-state index in [1.54, 1.807) is 81.6 Å². The van der Waals surface area contributed by atoms with E-state index in [0.717, 1.165) is 43.7 Å². The highest BCUT2D eigenvalue weighted by Crippen LogP contribution is 2.29. The van der Waals surface area contributed by atoms with Gasteiger partial charge >= 0.3 is 11.9 Å². The molecule has 4 heterocycles. The van der Waals surface area contributed by atoms with Gasteiger partial charge in [-0.2, -0.15) is 0 Å². The summed E-state index contributed by atoms with van der Waals surface area (Å²) in [6.07, 6.45) is -2.11. The van der Waals surface area contributed by atoms with Crippen LogP contribution in [-0.4, -0.2) is 276 Å². The zero-order chi connectivity index (χ0) is 98.1. The van der Waals surface area contributed by atoms with Crippen LogP contribution in [0.1, 0.15) is 133 Å². The van der Waals surface area contributed by atoms with Crippen molar-refractivity contribution < 1.29 is 114 Å². The Balaban J connectivity index is 1.14. The monoisotopic (exact) mass is 1880 g/mol. The van der Waals surface area contributed by atoms with Crippen LogP contribution in [0.4, 0.5) is 17.6 Å². The predicted octanol–water partition coefficient (Wildman–Crippen LogP) is 2.86. The molecule has 13 atom stereocenters. The van der Waals surface area contributed by atoms with Crippen LogP contribution in [0.25, 0.3) is 10.9 Å². The number of carbonyl (C=O) groups is 17. The van der Waals surface area contributed by atoms with Crippen LogP contribution in [0.3, 0.4) is 0 Å². The number of likely N-dealkylation sites (N-methyl/N-ethyl adjacent to an activating group) is 3. The number of aliphatic carboxylic acids is 2. The number of nitrogens with zero attached hydrogens (tertiary/aromatic N) is 5. The number of halogens is 4. The van der Waals surface area contributed by atoms with Crippen LogP contribution in [0.5, 0.6) is 5.75 Å². The number of nitrogens with one attached hydrogen (secondary N) is 10. The van der Waals surface area contributed by atoms with Crippen LogP contribution in [0.15, 0.2) is 121 Å². The van der Waals surface area contributed by atoms with E-state index in [0.29, 0.717) is 64.3 Å². The first-order chi connectivity index (χ1) is 63.6. The molecular formula is C93H116F4N16O20S. The third-order valence-corrected chi connectivity index (χ3v) is 24.7. The van der Waals surface area contributed by atoms with Gasteiger partial charge < -0.3 is 98.4 Å². The van der Waals surface area contributed by atoms with Crippen molar-refractivity contribution in [2.24, 2.45) is 17.6 Å². The van der Waals surface area contributed by atoms with E-state index in [2.05, 4.69) is 52.8 Å². The van der Waals surface area contributed by atoms with E-state index in [9.17, 15) is 57.7 Å². The maximum absolute atomic E-state index is 15.7. The number of hydrogen-bond acceptors (Lipinski definition) is 19. The summed E-state index contributed by atoms with van der Waals surface area (Å²) in [7, 11) is 3.54. The minimum absolute atomic E-state index is 0.0902. The molecule has 9 rings (SSSR count). The Morgan fingerprint density at radius 3 is 1.65 bits per heavy atom. The molecule has 0 saturated carbocycles. The number of carboxylic acids is 2. The Labute approximate surface area is 775 Å². The Morgan fingerprint density at radius 2 is 1.02 bits per heavy atom. The maximum Gasteiger partial charge on any atom is 0.305 e. The lowest BCUT2D eigenvalue weighted by atomic mass is 9.97. The Morgan fingerprint density at radius 1 is 0.507 bits per heavy atom. The number of para-hydroxylation sites is 1. The van der Waals surface area contributed by atoms with Crippen molar-refractivity contribution in [3.63, 3.8) is 0 Å². The lowest BCUT2D eigenvalue weighted by molar-refractivity contribution is -0.152. The zero-order valence-electron chi connectivity index (χ0n) is 75.6. The number of H-pyrrole nitrogens is 1. The van der Waals surface area contributed by atoms with Crippen LogP contribution >= 0.6 is 11.8 Å². The number of rotatable bonds is 23. The number of thioether (sulfide) groups is 1. The summed E-state index contributed by atoms with van der Waals surface area (Å²) in [6.45, 7) is 6.98. The predicted molar refractivity (Wildman–Crippen MR) is 481 cm³/mol. The number of aromatic hydroxyl groups is 1. The van der Waals surface area contributed by atoms with E-state index < -0.39 is 263 Å². The van der Waals surface area contributed by atoms with Crippen molar-refractivity contribution in [2.75, 3.05) is 52.3 Å². The quantitative estimate of drug-likeness (QED) is 0.0324. The third kappa shape index (κ3) is 28.8. The Bertz CT molecular complexity index is 5250. The average Bonchev–Trinajstić information content (AvgIpc) is 1.57. The highest BCUT2D eigenvalue weighted by Gasteiger charge is 2.47. The molecule has 6 aromatic rings. The molecule has 722 valence electrons. The van der Waals surface area contributed by atoms with Crippen LogP contribution in [0.2, 0.25) is 0 Å². The molecule has 0 radical (unpaired) electrons. The molecule has 0 unspecified atom stereocenters. The fourth-order valence-corrected chi connectivity index (χ4v) is 17.3. The molecule has 0 spiro atoms. The van der Waals surface area contributed by atoms with Crippen LogP contribution < -0.4 is 53.6 Å². The minimum atomic E-state index is -2.00. The lowest BCUT2D eigenvalue weighted by Gasteiger charge is -2.38. The van der Waals surface area contributed by atoms with E-state index in [-0.39, 0.29) is 88.6 Å². The number of primary amides is 1. The van der Waals surface area contributed by atoms with Gasteiger partial charge in [-0.25, -0.2) is 17.6 Å². The molecule has 3 saturated heterocycles. The molecule has 3 aliphatic heterocycles. The van der Waals surface area contributed by atoms with Crippen molar-refractivity contribution in [3.8, 4) is 5.75 Å². The molecule has 41 heteroatoms. The van der Waals surface area contributed by atoms with Crippen molar-refractivity contribution in [1.29, 1.82) is 0 Å². The molecular weight excluding hydrogens is 1770 g/mol. The van der Waals surface area contributed by atoms with Gasteiger partial charge in [-0.15, -0.1) is 11.8 Å². The van der Waals surface area contributed by atoms with Gasteiger partial charge in [0.25, 0.3) is 0 Å². The first-order valence-corrected chi connectivity index (χ1v) is 45.4. The number of unbranched alkanes of at least 4 members (excludes halogenated alkanes) is 1. The summed E-state index contributed by atoms with van der Waals surface area (Å²) in [5.74, 6) is -27.7. The molecule has 3 aliphatic rings. The minimum Gasteiger partial charge on any atom is -0.508 e. The second kappa shape index (κ2) is 48.8. The van der Waals surface area contributed by atoms with Crippen LogP contribution in [-0.2, 0) is 114 Å². The fourth-order valence-electron chi connectivity index (χ4n) is 16.5. The first-order valence-electron chi connectivity index (χ1n) is 44.3. The summed E-state index contributed by atoms with van der Waals surface area (Å²) in [6, 6.07) is 4.18. The van der Waals surface area contributed by atoms with Gasteiger partial charge in [0.2, 0.25) is 88.6 Å². The normalized spacial score (nSPS) is 23.6. The summed E-state index contributed by atoms with van der Waals surface area (Å²) >= 11 is 0.636. The average molecular weight is 1890 g/mol. The number of aromatic amines is 1. The maximum atomic E-state index is 15.7. The molecule has 134 heavy (non-hydrogen) atoms. The first kappa shape index (κ1) is 104. The number of hydrogen-bond donors (Lipinski definition) is 14. The number of phenols is 1. The summed E-state index contributed by atoms with van der Waals surface area (Å²) in [5.41, 5.74) is 7.06. The van der Waals surface area contributed by atoms with Gasteiger partial charge in [-0.3, -0.25) is 81.5 Å². The Hall–Kier alpha value is -13.5. The number of phenolic OH excluding ortho intramolecular Hbond substituents is 1. The smallest absolute Gasteiger partial charge is 0.305 e. The number of amides is 15. The standard InChI is InChI=1S/C93H116F4N16O20S/c1-9-10-23-72-92(132)113-35-18-25-71(113)87(127)105-66(44-77(117)118)85(125)108-80(51(4)5)93(133)110(7)73(41-52-19-12-11-13-20-52)88(128)106-68(45-78(119)120)90(130)112-34-17-16-24-70(112)86(126)104-65(43-56-46-99-62-22-15-14-21-59(56)62)84(124)103-64(39-53-28-32-58(114)33-29-53)83(123)102-63(36-50(2)3)82(122)107-69(81(121)100-47-75(98)115)48-134-49-76(116)101-67(40-55-37-60(95)79(97)61(96)38-55)89(129)111(8)74(91(131)109(72)6)42-54-26-30-57(94)31-27-54/h11-15,19-22,26-33,37-38,46,50-51,63-74,80,99,114H,9-10,16-18,23-25,34-36,39-45,47-49H2,1-8H3,(H2,98,115)(H,100,121)(H,101,116)(H,102,123)(H,103,124)(H,104,126)(H,105,127)(H,106,128)(H,107,122)(H,108,125)(H,117,118)(H,119,120)/t63-,64-,65+,66-,67-,68-,69-,70+,71+,72-,73-,74-,80+/m0/s1. The molecule has 0 aliphatic carbocycles. The number of nitrogens with two attached hydrogens (primary N) is 1. The molecule has 0 bridgehead atoms. The second-order valence-electron chi connectivity index (χ2n) is 34.5. The van der Waals surface area contributed by atoms with Crippen molar-refractivity contribution in [1.82, 2.24) is 77.3 Å². The van der Waals surface area contributed by atoms with Crippen molar-refractivity contribution >= 4 is 123 Å². The van der Waals surface area contributed by atoms with Crippen molar-refractivity contribution in [3.05, 3.63) is 173 Å². The molecule has 15 amide bonds. The third-order valence-electron chi connectivity index (χ3n) is 23.7. The van der Waals surface area contributed by atoms with Gasteiger partial charge in [0.05, 0.1) is 25.1 Å². The van der Waals surface area contributed by atoms with E-state index in [4.69, 9.17) is 5.73 Å². The van der Waals surface area contributed by atoms with E-state index >= 15 is 56.7 Å². The largest absolute Gasteiger partial charge is 0.508 e. The van der Waals surface area contributed by atoms with E-state index in [1.165, 1.54) is 64.3 Å². The number of benzene rings is 5. The fraction of sp³-hybridized carbons (Fsp3) is 0.473. The van der Waals surface area contributed by atoms with E-state index in [1.807, 2.05) is 0 Å². The number of carboxylic acid groups (broad SMARTS) is 2. The lowest BCUT2D eigenvalue weighted by Crippen LogP contribution is -2.63. The molecule has 5 aromatic carbocycles. The van der Waals surface area contributed by atoms with Gasteiger partial charge in [0.15, 0.2) is 17.5 Å². The van der Waals surface area contributed by atoms with Crippen LogP contribution in [0, 0.1) is 35.1 Å². The van der Waals surface area contributed by atoms with Gasteiger partial charge in [-0.1, -0.05) is 120 Å². The Kier molecular flexibility index (Phi) is 37.9. The number of aromatic nitrogens is 1. The molecule has 15 N–H and O–H groups in total. The number of carbonyl (C=O) groups excluding carboxylic acids is 15. The summed E-state index contributed by atoms with van der Waals surface area (Å²) in [4.78, 5) is 258. The molecule has 1 aromatic heterocycles. The zero-order valence-corrected chi connectivity index (χ0v) is 76.4. The highest BCUT2D eigenvalue weighted by atomic mass is 32.2. The summed E-state index contributed by atoms with van der Waals surface area (Å²) in [5, 5.41) is 55.0. The SMILES string of the molecule is CCCC[C@H]1C(=O)N2CCC[C@@H]2C(=O)N[C@@H](CC(=O)O)C(=O)N[C@H](C(C)C)C(=O)N(C)[C@@H](Cc2ccccc2)C(=O)N[C@@H](CC(=O)O)C(=O)N2CCCC[C@@H]2C(=O)N[C@H](Cc2c[nH]c3ccccc23)C(=O)N[C@@H](Cc2ccc(O)cc2)C(=O)N[C@@H](CC(C)C)C(=O)N[C@H](C(=O)NCC(N)=O)CSCC(=O)N[C@@H](Cc2cc(F)c(F)c(F)c2)C(=O)N(C)[C@@H](Cc2ccc(F)cc2)C(=O)N1C. The number of piperidine rings is 1. The van der Waals surface area contributed by atoms with Gasteiger partial charge in [0.1, 0.15) is 90.1 Å². The molecule has 36 nitrogen and oxygen atoms in total. The summed E-state index contributed by atoms with van der Waals surface area (Å²) < 4.78 is 59.8. The number of fused-ring (bicyclic) bond motifs is 3. The van der Waals surface area contributed by atoms with Gasteiger partial charge in [0, 0.05) is 89.2 Å². The van der Waals surface area contributed by atoms with Crippen molar-refractivity contribution in [2.45, 2.75) is 216 Å².